The van der Waals surface area contributed by atoms with Crippen LogP contribution >= 0.6 is 0 Å². The van der Waals surface area contributed by atoms with Gasteiger partial charge in [-0.2, -0.15) is 0 Å². The van der Waals surface area contributed by atoms with Crippen LogP contribution in [-0.2, 0) is 6.54 Å². The molecule has 0 aliphatic rings. The number of anilines is 1. The number of rotatable bonds is 3. The normalized spacial score (nSPS) is 13.2. The number of aromatic nitrogens is 2. The molecule has 0 spiro atoms. The van der Waals surface area contributed by atoms with Gasteiger partial charge in [0.25, 0.3) is 0 Å². The first-order valence-corrected chi connectivity index (χ1v) is 4.92. The van der Waals surface area contributed by atoms with E-state index in [-0.39, 0.29) is 23.5 Å². The zero-order valence-corrected chi connectivity index (χ0v) is 8.77. The minimum Gasteiger partial charge on any atom is -0.394 e. The standard InChI is InChI=1S/C10H11F2N3O2/c11-6-1-8-9(2-7(6)12)15(10(13)14-8)3-5(17)4-16/h1-2,5,16-17H,3-4H2,(H2,13,14). The molecule has 2 aromatic rings. The third-order valence-electron chi connectivity index (χ3n) is 2.42. The third-order valence-corrected chi connectivity index (χ3v) is 2.42. The van der Waals surface area contributed by atoms with Crippen LogP contribution in [0.4, 0.5) is 14.7 Å². The van der Waals surface area contributed by atoms with Crippen LogP contribution in [-0.4, -0.2) is 32.5 Å². The number of aliphatic hydroxyl groups is 2. The van der Waals surface area contributed by atoms with Gasteiger partial charge in [-0.1, -0.05) is 0 Å². The van der Waals surface area contributed by atoms with Gasteiger partial charge in [0.2, 0.25) is 5.95 Å². The molecule has 0 amide bonds. The van der Waals surface area contributed by atoms with E-state index >= 15 is 0 Å². The number of hydrogen-bond donors (Lipinski definition) is 3. The van der Waals surface area contributed by atoms with Crippen LogP contribution < -0.4 is 5.73 Å². The highest BCUT2D eigenvalue weighted by molar-refractivity contribution is 5.78. The molecule has 0 aliphatic carbocycles. The third kappa shape index (κ3) is 2.06. The number of aliphatic hydroxyl groups excluding tert-OH is 2. The largest absolute Gasteiger partial charge is 0.394 e. The molecule has 1 heterocycles. The summed E-state index contributed by atoms with van der Waals surface area (Å²) in [5.41, 5.74) is 6.04. The molecule has 0 saturated heterocycles. The summed E-state index contributed by atoms with van der Waals surface area (Å²) in [6.45, 7) is -0.493. The Morgan fingerprint density at radius 1 is 1.35 bits per heavy atom. The second-order valence-corrected chi connectivity index (χ2v) is 3.67. The fourth-order valence-corrected chi connectivity index (χ4v) is 1.60. The highest BCUT2D eigenvalue weighted by Crippen LogP contribution is 2.21. The van der Waals surface area contributed by atoms with Crippen LogP contribution in [0.1, 0.15) is 0 Å². The average molecular weight is 243 g/mol. The zero-order valence-electron chi connectivity index (χ0n) is 8.77. The Bertz CT molecular complexity index is 556. The lowest BCUT2D eigenvalue weighted by Gasteiger charge is -2.10. The van der Waals surface area contributed by atoms with E-state index in [1.165, 1.54) is 4.57 Å². The Morgan fingerprint density at radius 2 is 2.00 bits per heavy atom. The van der Waals surface area contributed by atoms with E-state index in [1.54, 1.807) is 0 Å². The maximum Gasteiger partial charge on any atom is 0.201 e. The van der Waals surface area contributed by atoms with E-state index in [0.717, 1.165) is 12.1 Å². The lowest BCUT2D eigenvalue weighted by Crippen LogP contribution is -2.20. The smallest absolute Gasteiger partial charge is 0.201 e. The summed E-state index contributed by atoms with van der Waals surface area (Å²) in [5.74, 6) is -2.00. The van der Waals surface area contributed by atoms with Gasteiger partial charge >= 0.3 is 0 Å². The van der Waals surface area contributed by atoms with Crippen molar-refractivity contribution in [1.29, 1.82) is 0 Å². The maximum absolute atomic E-state index is 13.1. The molecule has 5 nitrogen and oxygen atoms in total. The zero-order chi connectivity index (χ0) is 12.6. The molecule has 0 saturated carbocycles. The molecule has 4 N–H and O–H groups in total. The molecule has 1 unspecified atom stereocenters. The molecular weight excluding hydrogens is 232 g/mol. The van der Waals surface area contributed by atoms with Gasteiger partial charge in [0, 0.05) is 12.1 Å². The molecule has 0 fully saturated rings. The fourth-order valence-electron chi connectivity index (χ4n) is 1.60. The van der Waals surface area contributed by atoms with E-state index in [2.05, 4.69) is 4.98 Å². The van der Waals surface area contributed by atoms with Crippen LogP contribution in [0.5, 0.6) is 0 Å². The summed E-state index contributed by atoms with van der Waals surface area (Å²) in [5, 5.41) is 18.1. The quantitative estimate of drug-likeness (QED) is 0.721. The second kappa shape index (κ2) is 4.27. The van der Waals surface area contributed by atoms with E-state index in [9.17, 15) is 13.9 Å². The van der Waals surface area contributed by atoms with Crippen molar-refractivity contribution >= 4 is 17.0 Å². The minimum absolute atomic E-state index is 0.0255. The number of hydrogen-bond acceptors (Lipinski definition) is 4. The highest BCUT2D eigenvalue weighted by atomic mass is 19.2. The number of nitrogens with zero attached hydrogens (tertiary/aromatic N) is 2. The molecule has 1 atom stereocenters. The number of nitrogens with two attached hydrogens (primary N) is 1. The molecule has 17 heavy (non-hydrogen) atoms. The van der Waals surface area contributed by atoms with Crippen molar-refractivity contribution in [2.24, 2.45) is 0 Å². The van der Waals surface area contributed by atoms with Gasteiger partial charge in [-0.25, -0.2) is 13.8 Å². The summed E-state index contributed by atoms with van der Waals surface area (Å²) in [6, 6.07) is 1.89. The van der Waals surface area contributed by atoms with Crippen LogP contribution in [0.3, 0.4) is 0 Å². The van der Waals surface area contributed by atoms with E-state index in [4.69, 9.17) is 10.8 Å². The summed E-state index contributed by atoms with van der Waals surface area (Å²) in [6.07, 6.45) is -1.04. The Kier molecular flexibility index (Phi) is 2.95. The van der Waals surface area contributed by atoms with Gasteiger partial charge in [-0.15, -0.1) is 0 Å². The van der Waals surface area contributed by atoms with E-state index in [1.807, 2.05) is 0 Å². The molecule has 1 aromatic heterocycles. The second-order valence-electron chi connectivity index (χ2n) is 3.67. The molecule has 0 radical (unpaired) electrons. The van der Waals surface area contributed by atoms with Crippen LogP contribution in [0.2, 0.25) is 0 Å². The molecule has 92 valence electrons. The Morgan fingerprint density at radius 3 is 2.65 bits per heavy atom. The van der Waals surface area contributed by atoms with Crippen molar-refractivity contribution in [2.75, 3.05) is 12.3 Å². The van der Waals surface area contributed by atoms with Crippen molar-refractivity contribution in [2.45, 2.75) is 12.6 Å². The van der Waals surface area contributed by atoms with Crippen LogP contribution in [0, 0.1) is 11.6 Å². The van der Waals surface area contributed by atoms with Gasteiger partial charge in [-0.05, 0) is 0 Å². The van der Waals surface area contributed by atoms with Crippen molar-refractivity contribution < 1.29 is 19.0 Å². The van der Waals surface area contributed by atoms with Crippen molar-refractivity contribution in [3.63, 3.8) is 0 Å². The maximum atomic E-state index is 13.1. The predicted octanol–water partition coefficient (Wildman–Crippen LogP) is 0.250. The topological polar surface area (TPSA) is 84.3 Å². The first kappa shape index (κ1) is 11.7. The van der Waals surface area contributed by atoms with Crippen molar-refractivity contribution in [3.05, 3.63) is 23.8 Å². The first-order valence-electron chi connectivity index (χ1n) is 4.92. The van der Waals surface area contributed by atoms with Crippen molar-refractivity contribution in [3.8, 4) is 0 Å². The fraction of sp³-hybridized carbons (Fsp3) is 0.300. The van der Waals surface area contributed by atoms with E-state index < -0.39 is 24.3 Å². The molecule has 2 rings (SSSR count). The predicted molar refractivity (Wildman–Crippen MR) is 57.2 cm³/mol. The van der Waals surface area contributed by atoms with Crippen molar-refractivity contribution in [1.82, 2.24) is 9.55 Å². The number of benzene rings is 1. The molecule has 7 heteroatoms. The molecule has 0 aliphatic heterocycles. The van der Waals surface area contributed by atoms with Gasteiger partial charge in [0.15, 0.2) is 11.6 Å². The lowest BCUT2D eigenvalue weighted by atomic mass is 10.3. The molecule has 1 aromatic carbocycles. The average Bonchev–Trinajstić information content (AvgIpc) is 2.56. The lowest BCUT2D eigenvalue weighted by molar-refractivity contribution is 0.0825. The van der Waals surface area contributed by atoms with Gasteiger partial charge in [0.1, 0.15) is 0 Å². The van der Waals surface area contributed by atoms with Crippen LogP contribution in [0.25, 0.3) is 11.0 Å². The summed E-state index contributed by atoms with van der Waals surface area (Å²) in [4.78, 5) is 3.84. The van der Waals surface area contributed by atoms with E-state index in [0.29, 0.717) is 0 Å². The van der Waals surface area contributed by atoms with Gasteiger partial charge in [-0.3, -0.25) is 0 Å². The highest BCUT2D eigenvalue weighted by Gasteiger charge is 2.14. The van der Waals surface area contributed by atoms with Gasteiger partial charge in [0.05, 0.1) is 30.3 Å². The summed E-state index contributed by atoms with van der Waals surface area (Å²) in [7, 11) is 0. The molecule has 0 bridgehead atoms. The monoisotopic (exact) mass is 243 g/mol. The number of fused-ring (bicyclic) bond motifs is 1. The number of halogens is 2. The minimum atomic E-state index is -1.04. The Labute approximate surface area is 95.1 Å². The summed E-state index contributed by atoms with van der Waals surface area (Å²) >= 11 is 0. The Balaban J connectivity index is 2.54. The van der Waals surface area contributed by atoms with Crippen LogP contribution in [0.15, 0.2) is 12.1 Å². The van der Waals surface area contributed by atoms with Gasteiger partial charge < -0.3 is 20.5 Å². The number of imidazole rings is 1. The summed E-state index contributed by atoms with van der Waals surface area (Å²) < 4.78 is 27.4. The molecular formula is C10H11F2N3O2. The Hall–Kier alpha value is -1.73. The first-order chi connectivity index (χ1) is 8.02. The number of nitrogen functional groups attached to an aromatic ring is 1. The SMILES string of the molecule is Nc1nc2cc(F)c(F)cc2n1CC(O)CO.